The topological polar surface area (TPSA) is 92.5 Å². The summed E-state index contributed by atoms with van der Waals surface area (Å²) in [5.74, 6) is 0.808. The lowest BCUT2D eigenvalue weighted by Gasteiger charge is -2.49. The zero-order valence-corrected chi connectivity index (χ0v) is 19.4. The maximum atomic E-state index is 12.4. The molecule has 2 aliphatic carbocycles. The van der Waals surface area contributed by atoms with Crippen molar-refractivity contribution in [3.63, 3.8) is 0 Å². The Morgan fingerprint density at radius 2 is 1.97 bits per heavy atom. The largest absolute Gasteiger partial charge is 0.493 e. The molecular weight excluding hydrogens is 414 g/mol. The van der Waals surface area contributed by atoms with E-state index >= 15 is 0 Å². The fourth-order valence-corrected chi connectivity index (χ4v) is 6.12. The summed E-state index contributed by atoms with van der Waals surface area (Å²) in [5.41, 5.74) is 18.1. The summed E-state index contributed by atoms with van der Waals surface area (Å²) in [6, 6.07) is 14.0. The molecule has 33 heavy (non-hydrogen) atoms. The Morgan fingerprint density at radius 1 is 1.21 bits per heavy atom. The van der Waals surface area contributed by atoms with Crippen LogP contribution in [0.3, 0.4) is 0 Å². The Balaban J connectivity index is 1.61. The van der Waals surface area contributed by atoms with Gasteiger partial charge in [-0.1, -0.05) is 32.0 Å². The van der Waals surface area contributed by atoms with Crippen LogP contribution in [-0.4, -0.2) is 24.3 Å². The average Bonchev–Trinajstić information content (AvgIpc) is 3.51. The first-order valence-corrected chi connectivity index (χ1v) is 11.8. The van der Waals surface area contributed by atoms with E-state index in [1.807, 2.05) is 6.07 Å². The zero-order valence-electron chi connectivity index (χ0n) is 19.4. The molecule has 0 spiro atoms. The Labute approximate surface area is 193 Å². The summed E-state index contributed by atoms with van der Waals surface area (Å²) < 4.78 is 13.6. The van der Waals surface area contributed by atoms with Crippen LogP contribution in [0, 0.1) is 11.3 Å². The van der Waals surface area contributed by atoms with Gasteiger partial charge >= 0.3 is 5.97 Å². The molecule has 3 atom stereocenters. The molecule has 2 aromatic carbocycles. The number of aromatic nitrogens is 1. The minimum Gasteiger partial charge on any atom is -0.493 e. The summed E-state index contributed by atoms with van der Waals surface area (Å²) in [4.78, 5) is 12.4. The van der Waals surface area contributed by atoms with Gasteiger partial charge in [0.25, 0.3) is 0 Å². The van der Waals surface area contributed by atoms with E-state index in [9.17, 15) is 4.79 Å². The van der Waals surface area contributed by atoms with E-state index < -0.39 is 11.5 Å². The molecule has 1 saturated carbocycles. The van der Waals surface area contributed by atoms with Crippen LogP contribution in [0.1, 0.15) is 65.8 Å². The second-order valence-electron chi connectivity index (χ2n) is 10.7. The molecule has 1 aromatic heterocycles. The monoisotopic (exact) mass is 445 g/mol. The molecule has 3 aliphatic rings. The molecule has 172 valence electrons. The van der Waals surface area contributed by atoms with Crippen molar-refractivity contribution in [1.29, 1.82) is 0 Å². The van der Waals surface area contributed by atoms with Crippen molar-refractivity contribution in [2.45, 2.75) is 50.7 Å². The first-order chi connectivity index (χ1) is 15.8. The fraction of sp³-hybridized carbons (Fsp3) is 0.444. The number of nitrogens with two attached hydrogens (primary N) is 2. The van der Waals surface area contributed by atoms with Gasteiger partial charge in [0.05, 0.1) is 24.8 Å². The number of benzene rings is 2. The van der Waals surface area contributed by atoms with Crippen LogP contribution < -0.4 is 16.2 Å². The van der Waals surface area contributed by atoms with E-state index in [2.05, 4.69) is 48.7 Å². The lowest BCUT2D eigenvalue weighted by atomic mass is 9.63. The third-order valence-electron chi connectivity index (χ3n) is 8.18. The number of para-hydroxylation sites is 1. The fourth-order valence-electron chi connectivity index (χ4n) is 6.12. The minimum atomic E-state index is -0.736. The van der Waals surface area contributed by atoms with E-state index in [1.54, 1.807) is 6.07 Å². The van der Waals surface area contributed by atoms with Gasteiger partial charge in [0.1, 0.15) is 5.75 Å². The van der Waals surface area contributed by atoms with E-state index in [1.165, 1.54) is 36.5 Å². The minimum absolute atomic E-state index is 0.149. The maximum absolute atomic E-state index is 12.4. The number of esters is 1. The number of ether oxygens (including phenoxy) is 2. The molecule has 6 nitrogen and oxygen atoms in total. The molecule has 3 unspecified atom stereocenters. The van der Waals surface area contributed by atoms with Gasteiger partial charge in [-0.25, -0.2) is 4.79 Å². The lowest BCUT2D eigenvalue weighted by Crippen LogP contribution is -2.57. The zero-order chi connectivity index (χ0) is 23.1. The van der Waals surface area contributed by atoms with Crippen molar-refractivity contribution in [3.8, 4) is 5.75 Å². The first kappa shape index (κ1) is 20.8. The third-order valence-corrected chi connectivity index (χ3v) is 8.18. The van der Waals surface area contributed by atoms with E-state index in [-0.39, 0.29) is 17.4 Å². The predicted molar refractivity (Wildman–Crippen MR) is 127 cm³/mol. The van der Waals surface area contributed by atoms with Crippen LogP contribution in [0.5, 0.6) is 5.75 Å². The number of hydrogen-bond acceptors (Lipinski definition) is 5. The number of nitrogens with zero attached hydrogens (tertiary/aromatic N) is 1. The van der Waals surface area contributed by atoms with E-state index in [0.29, 0.717) is 23.8 Å². The lowest BCUT2D eigenvalue weighted by molar-refractivity contribution is 0.0396. The van der Waals surface area contributed by atoms with Gasteiger partial charge in [0.2, 0.25) is 0 Å². The van der Waals surface area contributed by atoms with E-state index in [0.717, 1.165) is 17.7 Å². The van der Waals surface area contributed by atoms with E-state index in [4.69, 9.17) is 20.9 Å². The molecular formula is C27H31N3O3. The molecule has 3 aromatic rings. The standard InChI is InChI=1S/C27H31N3O3/c1-26(2)14-33-21-12-17(25(31)32-3)10-18-22(21)27(26,29)23(24(18)28)20-11-16-6-4-5-7-19(16)30(20)13-15-8-9-15/h4-7,10-12,15,23-24H,8-9,13-14,28-29H2,1-3H3. The van der Waals surface area contributed by atoms with Gasteiger partial charge in [-0.15, -0.1) is 0 Å². The quantitative estimate of drug-likeness (QED) is 0.587. The van der Waals surface area contributed by atoms with Crippen molar-refractivity contribution in [2.75, 3.05) is 13.7 Å². The second kappa shape index (κ2) is 6.84. The van der Waals surface area contributed by atoms with Crippen molar-refractivity contribution in [3.05, 3.63) is 64.8 Å². The van der Waals surface area contributed by atoms with Gasteiger partial charge < -0.3 is 25.5 Å². The van der Waals surface area contributed by atoms with Gasteiger partial charge in [-0.2, -0.15) is 0 Å². The molecule has 0 radical (unpaired) electrons. The summed E-state index contributed by atoms with van der Waals surface area (Å²) in [5, 5.41) is 1.21. The molecule has 0 amide bonds. The van der Waals surface area contributed by atoms with Crippen molar-refractivity contribution >= 4 is 16.9 Å². The van der Waals surface area contributed by atoms with Crippen LogP contribution in [0.25, 0.3) is 10.9 Å². The highest BCUT2D eigenvalue weighted by Gasteiger charge is 2.61. The van der Waals surface area contributed by atoms with Crippen molar-refractivity contribution in [2.24, 2.45) is 22.8 Å². The highest BCUT2D eigenvalue weighted by molar-refractivity contribution is 5.91. The highest BCUT2D eigenvalue weighted by atomic mass is 16.5. The Morgan fingerprint density at radius 3 is 2.70 bits per heavy atom. The van der Waals surface area contributed by atoms with Crippen LogP contribution in [0.4, 0.5) is 0 Å². The SMILES string of the molecule is COC(=O)c1cc2c3c(c1)C(N)C(c1cc4ccccc4n1CC1CC1)C3(N)C(C)(C)CO2. The Bertz CT molecular complexity index is 1290. The van der Waals surface area contributed by atoms with Gasteiger partial charge in [0, 0.05) is 40.7 Å². The number of fused-ring (bicyclic) bond motifs is 1. The smallest absolute Gasteiger partial charge is 0.337 e. The molecule has 0 bridgehead atoms. The maximum Gasteiger partial charge on any atom is 0.337 e. The summed E-state index contributed by atoms with van der Waals surface area (Å²) in [7, 11) is 1.39. The molecule has 0 saturated heterocycles. The van der Waals surface area contributed by atoms with Crippen molar-refractivity contribution in [1.82, 2.24) is 4.57 Å². The molecule has 1 aliphatic heterocycles. The molecule has 1 fully saturated rings. The van der Waals surface area contributed by atoms with Crippen LogP contribution in [-0.2, 0) is 16.8 Å². The third kappa shape index (κ3) is 2.77. The van der Waals surface area contributed by atoms with Gasteiger partial charge in [-0.3, -0.25) is 0 Å². The van der Waals surface area contributed by atoms with Gasteiger partial charge in [-0.05, 0) is 54.0 Å². The first-order valence-electron chi connectivity index (χ1n) is 11.8. The molecule has 4 N–H and O–H groups in total. The number of hydrogen-bond donors (Lipinski definition) is 2. The predicted octanol–water partition coefficient (Wildman–Crippen LogP) is 4.21. The summed E-state index contributed by atoms with van der Waals surface area (Å²) in [6.07, 6.45) is 2.53. The number of rotatable bonds is 4. The summed E-state index contributed by atoms with van der Waals surface area (Å²) in [6.45, 7) is 5.75. The summed E-state index contributed by atoms with van der Waals surface area (Å²) >= 11 is 0. The van der Waals surface area contributed by atoms with Crippen LogP contribution in [0.15, 0.2) is 42.5 Å². The highest BCUT2D eigenvalue weighted by Crippen LogP contribution is 2.63. The second-order valence-corrected chi connectivity index (χ2v) is 10.7. The molecule has 6 rings (SSSR count). The van der Waals surface area contributed by atoms with Gasteiger partial charge in [0.15, 0.2) is 0 Å². The van der Waals surface area contributed by atoms with Crippen LogP contribution >= 0.6 is 0 Å². The van der Waals surface area contributed by atoms with Crippen LogP contribution in [0.2, 0.25) is 0 Å². The Hall–Kier alpha value is -2.83. The average molecular weight is 446 g/mol. The number of carbonyl (C=O) groups is 1. The number of carbonyl (C=O) groups excluding carboxylic acids is 1. The van der Waals surface area contributed by atoms with Crippen molar-refractivity contribution < 1.29 is 14.3 Å². The number of methoxy groups -OCH3 is 1. The normalized spacial score (nSPS) is 27.3. The molecule has 6 heteroatoms. The Kier molecular flexibility index (Phi) is 4.30. The molecule has 2 heterocycles.